The highest BCUT2D eigenvalue weighted by molar-refractivity contribution is 5.70. The number of anilines is 2. The Morgan fingerprint density at radius 2 is 1.84 bits per heavy atom. The SMILES string of the molecule is Cc1cc(N2CCOCC2)cnc1/C=C/c1cnc2ccc(N3C[C@@H](F)C[C@@H]3c3cc(F)ccc3F)nn12. The van der Waals surface area contributed by atoms with Crippen molar-refractivity contribution in [2.75, 3.05) is 42.6 Å². The molecule has 196 valence electrons. The largest absolute Gasteiger partial charge is 0.378 e. The molecular formula is C28H27F3N6O. The summed E-state index contributed by atoms with van der Waals surface area (Å²) in [5, 5.41) is 4.70. The number of aromatic nitrogens is 4. The second-order valence-corrected chi connectivity index (χ2v) is 9.64. The Morgan fingerprint density at radius 1 is 1.00 bits per heavy atom. The first kappa shape index (κ1) is 24.4. The van der Waals surface area contributed by atoms with Gasteiger partial charge in [0.15, 0.2) is 5.65 Å². The van der Waals surface area contributed by atoms with Crippen LogP contribution in [0.2, 0.25) is 0 Å². The van der Waals surface area contributed by atoms with Crippen LogP contribution in [0.5, 0.6) is 0 Å². The lowest BCUT2D eigenvalue weighted by Crippen LogP contribution is -2.36. The maximum Gasteiger partial charge on any atom is 0.154 e. The molecular weight excluding hydrogens is 493 g/mol. The van der Waals surface area contributed by atoms with Gasteiger partial charge in [0, 0.05) is 25.1 Å². The fraction of sp³-hybridized carbons (Fsp3) is 0.321. The van der Waals surface area contributed by atoms with E-state index < -0.39 is 23.8 Å². The molecule has 0 unspecified atom stereocenters. The minimum absolute atomic E-state index is 0.0393. The van der Waals surface area contributed by atoms with E-state index in [-0.39, 0.29) is 18.5 Å². The van der Waals surface area contributed by atoms with Crippen LogP contribution in [0.25, 0.3) is 17.8 Å². The third kappa shape index (κ3) is 4.71. The monoisotopic (exact) mass is 520 g/mol. The van der Waals surface area contributed by atoms with Crippen LogP contribution in [0.1, 0.15) is 35.0 Å². The van der Waals surface area contributed by atoms with Gasteiger partial charge in [-0.2, -0.15) is 0 Å². The predicted molar refractivity (Wildman–Crippen MR) is 140 cm³/mol. The summed E-state index contributed by atoms with van der Waals surface area (Å²) in [4.78, 5) is 13.0. The molecule has 0 N–H and O–H groups in total. The number of hydrogen-bond donors (Lipinski definition) is 0. The van der Waals surface area contributed by atoms with E-state index in [0.29, 0.717) is 30.4 Å². The van der Waals surface area contributed by atoms with Gasteiger partial charge in [0.1, 0.15) is 23.6 Å². The molecule has 2 saturated heterocycles. The van der Waals surface area contributed by atoms with Crippen LogP contribution >= 0.6 is 0 Å². The van der Waals surface area contributed by atoms with E-state index in [1.54, 1.807) is 27.7 Å². The summed E-state index contributed by atoms with van der Waals surface area (Å²) < 4.78 is 50.1. The van der Waals surface area contributed by atoms with Crippen LogP contribution in [0.3, 0.4) is 0 Å². The molecule has 0 spiro atoms. The predicted octanol–water partition coefficient (Wildman–Crippen LogP) is 5.01. The third-order valence-corrected chi connectivity index (χ3v) is 7.13. The van der Waals surface area contributed by atoms with Crippen molar-refractivity contribution in [1.29, 1.82) is 0 Å². The van der Waals surface area contributed by atoms with Crippen LogP contribution in [-0.4, -0.2) is 58.6 Å². The molecule has 6 rings (SSSR count). The van der Waals surface area contributed by atoms with Crippen LogP contribution in [-0.2, 0) is 4.74 Å². The first-order valence-electron chi connectivity index (χ1n) is 12.6. The summed E-state index contributed by atoms with van der Waals surface area (Å²) in [5.74, 6) is -0.663. The summed E-state index contributed by atoms with van der Waals surface area (Å²) in [6.07, 6.45) is 6.24. The van der Waals surface area contributed by atoms with Gasteiger partial charge in [0.2, 0.25) is 0 Å². The van der Waals surface area contributed by atoms with E-state index in [1.165, 1.54) is 0 Å². The Morgan fingerprint density at radius 3 is 2.66 bits per heavy atom. The van der Waals surface area contributed by atoms with Gasteiger partial charge < -0.3 is 14.5 Å². The van der Waals surface area contributed by atoms with E-state index in [2.05, 4.69) is 20.9 Å². The first-order chi connectivity index (χ1) is 18.5. The van der Waals surface area contributed by atoms with Gasteiger partial charge in [0.05, 0.1) is 55.3 Å². The zero-order valence-corrected chi connectivity index (χ0v) is 20.9. The van der Waals surface area contributed by atoms with E-state index in [1.807, 2.05) is 25.3 Å². The normalized spacial score (nSPS) is 20.2. The minimum Gasteiger partial charge on any atom is -0.378 e. The lowest BCUT2D eigenvalue weighted by Gasteiger charge is -2.28. The maximum absolute atomic E-state index is 14.6. The lowest BCUT2D eigenvalue weighted by molar-refractivity contribution is 0.122. The highest BCUT2D eigenvalue weighted by Gasteiger charge is 2.36. The number of fused-ring (bicyclic) bond motifs is 1. The van der Waals surface area contributed by atoms with Gasteiger partial charge in [-0.3, -0.25) is 4.98 Å². The third-order valence-electron chi connectivity index (χ3n) is 7.13. The number of halogens is 3. The molecule has 0 aliphatic carbocycles. The van der Waals surface area contributed by atoms with Crippen molar-refractivity contribution in [3.05, 3.63) is 82.9 Å². The highest BCUT2D eigenvalue weighted by atomic mass is 19.1. The molecule has 3 aromatic heterocycles. The Kier molecular flexibility index (Phi) is 6.49. The van der Waals surface area contributed by atoms with Crippen molar-refractivity contribution in [2.45, 2.75) is 25.6 Å². The number of ether oxygens (including phenoxy) is 1. The lowest BCUT2D eigenvalue weighted by atomic mass is 10.0. The quantitative estimate of drug-likeness (QED) is 0.369. The molecule has 1 aromatic carbocycles. The fourth-order valence-electron chi connectivity index (χ4n) is 5.15. The number of pyridine rings is 1. The van der Waals surface area contributed by atoms with E-state index in [4.69, 9.17) is 9.84 Å². The number of morpholine rings is 1. The molecule has 2 aliphatic heterocycles. The number of alkyl halides is 1. The van der Waals surface area contributed by atoms with Crippen molar-refractivity contribution < 1.29 is 17.9 Å². The van der Waals surface area contributed by atoms with Crippen LogP contribution in [0.4, 0.5) is 24.7 Å². The standard InChI is InChI=1S/C28H27F3N6O/c1-18-12-22(35-8-10-38-11-9-35)16-32-25(18)5-3-21-15-33-27-6-7-28(34-37(21)27)36-17-20(30)14-26(36)23-13-19(29)2-4-24(23)31/h2-7,12-13,15-16,20,26H,8-11,14,17H2,1H3/b5-3+/t20-,26+/m0/s1. The minimum atomic E-state index is -1.18. The Hall–Kier alpha value is -3.92. The molecule has 2 aliphatic rings. The van der Waals surface area contributed by atoms with Crippen molar-refractivity contribution in [2.24, 2.45) is 0 Å². The van der Waals surface area contributed by atoms with Gasteiger partial charge in [-0.05, 0) is 61.0 Å². The smallest absolute Gasteiger partial charge is 0.154 e. The van der Waals surface area contributed by atoms with Crippen molar-refractivity contribution in [1.82, 2.24) is 19.6 Å². The Bertz CT molecular complexity index is 1500. The number of imidazole rings is 1. The second-order valence-electron chi connectivity index (χ2n) is 9.64. The molecule has 0 amide bonds. The molecule has 0 saturated carbocycles. The van der Waals surface area contributed by atoms with Crippen LogP contribution in [0.15, 0.2) is 48.8 Å². The molecule has 0 bridgehead atoms. The van der Waals surface area contributed by atoms with E-state index >= 15 is 0 Å². The van der Waals surface area contributed by atoms with Gasteiger partial charge in [-0.25, -0.2) is 22.7 Å². The van der Waals surface area contributed by atoms with E-state index in [0.717, 1.165) is 48.2 Å². The van der Waals surface area contributed by atoms with Gasteiger partial charge >= 0.3 is 0 Å². The number of aryl methyl sites for hydroxylation is 1. The average Bonchev–Trinajstić information content (AvgIpc) is 3.52. The number of hydrogen-bond acceptors (Lipinski definition) is 6. The molecule has 38 heavy (non-hydrogen) atoms. The summed E-state index contributed by atoms with van der Waals surface area (Å²) in [5.41, 5.74) is 4.40. The highest BCUT2D eigenvalue weighted by Crippen LogP contribution is 2.38. The zero-order chi connectivity index (χ0) is 26.2. The van der Waals surface area contributed by atoms with Crippen LogP contribution in [0, 0.1) is 18.6 Å². The Labute approximate surface area is 218 Å². The topological polar surface area (TPSA) is 58.8 Å². The summed E-state index contributed by atoms with van der Waals surface area (Å²) in [6, 6.07) is 8.24. The molecule has 2 fully saturated rings. The Balaban J connectivity index is 1.28. The molecule has 4 aromatic rings. The fourth-order valence-corrected chi connectivity index (χ4v) is 5.15. The van der Waals surface area contributed by atoms with Crippen molar-refractivity contribution in [3.63, 3.8) is 0 Å². The summed E-state index contributed by atoms with van der Waals surface area (Å²) in [6.45, 7) is 5.18. The maximum atomic E-state index is 14.6. The molecule has 10 heteroatoms. The van der Waals surface area contributed by atoms with Gasteiger partial charge in [-0.1, -0.05) is 0 Å². The van der Waals surface area contributed by atoms with Crippen LogP contribution < -0.4 is 9.80 Å². The second kappa shape index (κ2) is 10.1. The number of benzene rings is 1. The zero-order valence-electron chi connectivity index (χ0n) is 20.9. The van der Waals surface area contributed by atoms with Crippen molar-refractivity contribution >= 4 is 29.3 Å². The average molecular weight is 521 g/mol. The van der Waals surface area contributed by atoms with Crippen molar-refractivity contribution in [3.8, 4) is 0 Å². The molecule has 5 heterocycles. The first-order valence-corrected chi connectivity index (χ1v) is 12.6. The number of nitrogens with zero attached hydrogens (tertiary/aromatic N) is 6. The van der Waals surface area contributed by atoms with E-state index in [9.17, 15) is 13.2 Å². The molecule has 2 atom stereocenters. The molecule has 0 radical (unpaired) electrons. The summed E-state index contributed by atoms with van der Waals surface area (Å²) >= 11 is 0. The van der Waals surface area contributed by atoms with Gasteiger partial charge in [-0.15, -0.1) is 5.10 Å². The summed E-state index contributed by atoms with van der Waals surface area (Å²) in [7, 11) is 0. The molecule has 7 nitrogen and oxygen atoms in total. The van der Waals surface area contributed by atoms with Gasteiger partial charge in [0.25, 0.3) is 0 Å². The number of rotatable bonds is 5.